The number of rotatable bonds is 7. The Morgan fingerprint density at radius 2 is 1.82 bits per heavy atom. The van der Waals surface area contributed by atoms with Crippen molar-refractivity contribution in [1.29, 1.82) is 0 Å². The van der Waals surface area contributed by atoms with Gasteiger partial charge in [0.1, 0.15) is 17.3 Å². The lowest BCUT2D eigenvalue weighted by molar-refractivity contribution is 0.102. The molecule has 0 bridgehead atoms. The third kappa shape index (κ3) is 4.80. The normalized spacial score (nSPS) is 10.6. The lowest BCUT2D eigenvalue weighted by Crippen LogP contribution is -2.12. The van der Waals surface area contributed by atoms with Gasteiger partial charge < -0.3 is 14.8 Å². The molecule has 0 unspecified atom stereocenters. The predicted molar refractivity (Wildman–Crippen MR) is 105 cm³/mol. The summed E-state index contributed by atoms with van der Waals surface area (Å²) < 4.78 is 23.7. The van der Waals surface area contributed by atoms with Crippen molar-refractivity contribution in [2.45, 2.75) is 12.8 Å². The van der Waals surface area contributed by atoms with Crippen molar-refractivity contribution in [3.8, 4) is 11.5 Å². The Labute approximate surface area is 166 Å². The van der Waals surface area contributed by atoms with Crippen LogP contribution in [0, 0.1) is 5.82 Å². The van der Waals surface area contributed by atoms with E-state index in [9.17, 15) is 9.18 Å². The van der Waals surface area contributed by atoms with Crippen LogP contribution in [-0.4, -0.2) is 30.3 Å². The smallest absolute Gasteiger partial charge is 0.258 e. The van der Waals surface area contributed by atoms with Gasteiger partial charge in [-0.15, -0.1) is 0 Å². The number of ether oxygens (including phenoxy) is 2. The Morgan fingerprint density at radius 3 is 2.46 bits per heavy atom. The number of methoxy groups -OCH3 is 2. The number of carbonyl (C=O) groups excluding carboxylic acids is 1. The molecule has 28 heavy (non-hydrogen) atoms. The second-order valence-electron chi connectivity index (χ2n) is 6.08. The molecule has 1 amide bonds. The van der Waals surface area contributed by atoms with E-state index in [1.54, 1.807) is 20.3 Å². The predicted octanol–water partition coefficient (Wildman–Crippen LogP) is 4.26. The highest BCUT2D eigenvalue weighted by atomic mass is 35.5. The van der Waals surface area contributed by atoms with Crippen molar-refractivity contribution in [2.75, 3.05) is 19.5 Å². The van der Waals surface area contributed by atoms with Crippen LogP contribution in [0.1, 0.15) is 21.6 Å². The van der Waals surface area contributed by atoms with Crippen molar-refractivity contribution in [1.82, 2.24) is 10.2 Å². The lowest BCUT2D eigenvalue weighted by Gasteiger charge is -2.08. The number of carbonyl (C=O) groups is 1. The fourth-order valence-corrected chi connectivity index (χ4v) is 2.95. The Bertz CT molecular complexity index is 968. The number of nitrogens with one attached hydrogen (secondary N) is 2. The summed E-state index contributed by atoms with van der Waals surface area (Å²) >= 11 is 5.91. The summed E-state index contributed by atoms with van der Waals surface area (Å²) in [6.07, 6.45) is 1.41. The number of benzene rings is 2. The molecular weight excluding hydrogens is 385 g/mol. The molecule has 0 spiro atoms. The van der Waals surface area contributed by atoms with Crippen LogP contribution in [-0.2, 0) is 12.8 Å². The maximum absolute atomic E-state index is 13.1. The molecule has 0 aliphatic carbocycles. The van der Waals surface area contributed by atoms with Gasteiger partial charge >= 0.3 is 0 Å². The second kappa shape index (κ2) is 8.75. The van der Waals surface area contributed by atoms with Crippen LogP contribution >= 0.6 is 11.6 Å². The number of hydrogen-bond acceptors (Lipinski definition) is 4. The summed E-state index contributed by atoms with van der Waals surface area (Å²) in [6.45, 7) is 0. The summed E-state index contributed by atoms with van der Waals surface area (Å²) in [7, 11) is 3.21. The molecule has 0 fully saturated rings. The van der Waals surface area contributed by atoms with Crippen LogP contribution in [0.3, 0.4) is 0 Å². The third-order valence-electron chi connectivity index (χ3n) is 4.14. The van der Waals surface area contributed by atoms with Crippen molar-refractivity contribution >= 4 is 23.3 Å². The van der Waals surface area contributed by atoms with Crippen LogP contribution in [0.2, 0.25) is 5.02 Å². The van der Waals surface area contributed by atoms with Crippen LogP contribution in [0.25, 0.3) is 0 Å². The quantitative estimate of drug-likeness (QED) is 0.618. The number of H-pyrrole nitrogens is 1. The van der Waals surface area contributed by atoms with E-state index < -0.39 is 11.7 Å². The average Bonchev–Trinajstić information content (AvgIpc) is 3.13. The molecule has 0 aliphatic rings. The highest BCUT2D eigenvalue weighted by Gasteiger charge is 2.13. The van der Waals surface area contributed by atoms with Crippen molar-refractivity contribution in [3.63, 3.8) is 0 Å². The van der Waals surface area contributed by atoms with Crippen molar-refractivity contribution in [3.05, 3.63) is 70.1 Å². The van der Waals surface area contributed by atoms with E-state index in [-0.39, 0.29) is 10.6 Å². The topological polar surface area (TPSA) is 76.2 Å². The fourth-order valence-electron chi connectivity index (χ4n) is 2.70. The van der Waals surface area contributed by atoms with Gasteiger partial charge in [-0.1, -0.05) is 11.6 Å². The molecule has 3 rings (SSSR count). The summed E-state index contributed by atoms with van der Waals surface area (Å²) in [4.78, 5) is 12.3. The zero-order chi connectivity index (χ0) is 20.1. The molecule has 2 N–H and O–H groups in total. The largest absolute Gasteiger partial charge is 0.497 e. The Hall–Kier alpha value is -3.06. The first-order chi connectivity index (χ1) is 13.5. The van der Waals surface area contributed by atoms with Crippen LogP contribution in [0.4, 0.5) is 10.2 Å². The summed E-state index contributed by atoms with van der Waals surface area (Å²) in [5.74, 6) is 0.855. The summed E-state index contributed by atoms with van der Waals surface area (Å²) in [5.41, 5.74) is 2.08. The molecule has 8 heteroatoms. The minimum Gasteiger partial charge on any atom is -0.497 e. The van der Waals surface area contributed by atoms with E-state index in [2.05, 4.69) is 15.5 Å². The minimum atomic E-state index is -0.502. The molecule has 0 aliphatic heterocycles. The highest BCUT2D eigenvalue weighted by molar-refractivity contribution is 6.34. The molecule has 0 radical (unpaired) electrons. The molecular formula is C20H19ClFN3O3. The van der Waals surface area contributed by atoms with Gasteiger partial charge in [0.2, 0.25) is 0 Å². The Balaban J connectivity index is 1.63. The highest BCUT2D eigenvalue weighted by Crippen LogP contribution is 2.24. The van der Waals surface area contributed by atoms with E-state index in [0.717, 1.165) is 35.2 Å². The van der Waals surface area contributed by atoms with E-state index in [4.69, 9.17) is 21.1 Å². The van der Waals surface area contributed by atoms with Gasteiger partial charge in [-0.3, -0.25) is 9.89 Å². The maximum Gasteiger partial charge on any atom is 0.258 e. The zero-order valence-electron chi connectivity index (χ0n) is 15.4. The van der Waals surface area contributed by atoms with E-state index in [1.807, 2.05) is 18.2 Å². The number of aromatic nitrogens is 2. The maximum atomic E-state index is 13.1. The van der Waals surface area contributed by atoms with Gasteiger partial charge in [-0.25, -0.2) is 4.39 Å². The third-order valence-corrected chi connectivity index (χ3v) is 4.46. The number of hydrogen-bond donors (Lipinski definition) is 2. The van der Waals surface area contributed by atoms with E-state index in [0.29, 0.717) is 12.2 Å². The van der Waals surface area contributed by atoms with Crippen LogP contribution in [0.15, 0.2) is 42.5 Å². The monoisotopic (exact) mass is 403 g/mol. The second-order valence-corrected chi connectivity index (χ2v) is 6.48. The lowest BCUT2D eigenvalue weighted by atomic mass is 10.1. The SMILES string of the molecule is COc1cc(CCc2cc(NC(=O)c3ccc(F)cc3Cl)n[nH]2)cc(OC)c1. The van der Waals surface area contributed by atoms with E-state index >= 15 is 0 Å². The van der Waals surface area contributed by atoms with Crippen molar-refractivity contribution < 1.29 is 18.7 Å². The molecule has 3 aromatic rings. The molecule has 2 aromatic carbocycles. The molecule has 0 saturated carbocycles. The molecule has 146 valence electrons. The van der Waals surface area contributed by atoms with E-state index in [1.165, 1.54) is 12.1 Å². The molecule has 0 saturated heterocycles. The van der Waals surface area contributed by atoms with Gasteiger partial charge in [-0.05, 0) is 48.7 Å². The summed E-state index contributed by atoms with van der Waals surface area (Å²) in [6, 6.07) is 11.0. The zero-order valence-corrected chi connectivity index (χ0v) is 16.1. The number of amides is 1. The van der Waals surface area contributed by atoms with Gasteiger partial charge in [-0.2, -0.15) is 5.10 Å². The van der Waals surface area contributed by atoms with Crippen LogP contribution in [0.5, 0.6) is 11.5 Å². The molecule has 1 aromatic heterocycles. The molecule has 1 heterocycles. The minimum absolute atomic E-state index is 0.0419. The molecule has 6 nitrogen and oxygen atoms in total. The van der Waals surface area contributed by atoms with Gasteiger partial charge in [0, 0.05) is 17.8 Å². The molecule has 0 atom stereocenters. The fraction of sp³-hybridized carbons (Fsp3) is 0.200. The number of nitrogens with zero attached hydrogens (tertiary/aromatic N) is 1. The van der Waals surface area contributed by atoms with Gasteiger partial charge in [0.05, 0.1) is 24.8 Å². The number of anilines is 1. The Kier molecular flexibility index (Phi) is 6.16. The first-order valence-corrected chi connectivity index (χ1v) is 8.89. The first kappa shape index (κ1) is 19.7. The van der Waals surface area contributed by atoms with Gasteiger partial charge in [0.15, 0.2) is 5.82 Å². The number of halogens is 2. The van der Waals surface area contributed by atoms with Crippen molar-refractivity contribution in [2.24, 2.45) is 0 Å². The number of aromatic amines is 1. The van der Waals surface area contributed by atoms with Crippen LogP contribution < -0.4 is 14.8 Å². The average molecular weight is 404 g/mol. The standard InChI is InChI=1S/C20H19ClFN3O3/c1-27-15-7-12(8-16(11-15)28-2)3-5-14-10-19(25-24-14)23-20(26)17-6-4-13(22)9-18(17)21/h4,6-11H,3,5H2,1-2H3,(H2,23,24,25,26). The number of aryl methyl sites for hydroxylation is 2. The van der Waals surface area contributed by atoms with Gasteiger partial charge in [0.25, 0.3) is 5.91 Å². The summed E-state index contributed by atoms with van der Waals surface area (Å²) in [5, 5.41) is 9.67. The first-order valence-electron chi connectivity index (χ1n) is 8.51. The Morgan fingerprint density at radius 1 is 1.11 bits per heavy atom.